The van der Waals surface area contributed by atoms with Crippen LogP contribution in [0.15, 0.2) is 56.9 Å². The molecule has 0 bridgehead atoms. The third-order valence-electron chi connectivity index (χ3n) is 3.20. The Kier molecular flexibility index (Phi) is 5.68. The molecule has 0 saturated carbocycles. The van der Waals surface area contributed by atoms with Gasteiger partial charge in [0.15, 0.2) is 0 Å². The van der Waals surface area contributed by atoms with Gasteiger partial charge in [-0.3, -0.25) is 10.1 Å². The van der Waals surface area contributed by atoms with Crippen LogP contribution in [0.1, 0.15) is 28.4 Å². The predicted molar refractivity (Wildman–Crippen MR) is 86.4 cm³/mol. The number of nitrogens with one attached hydrogen (secondary N) is 1. The zero-order valence-electron chi connectivity index (χ0n) is 13.0. The van der Waals surface area contributed by atoms with Gasteiger partial charge in [0.2, 0.25) is 0 Å². The maximum atomic E-state index is 12.3. The number of amidine groups is 1. The van der Waals surface area contributed by atoms with Gasteiger partial charge in [-0.05, 0) is 17.5 Å². The molecule has 2 rings (SSSR count). The van der Waals surface area contributed by atoms with Gasteiger partial charge in [0, 0.05) is 13.1 Å². The monoisotopic (exact) mass is 314 g/mol. The summed E-state index contributed by atoms with van der Waals surface area (Å²) in [6.45, 7) is 2.14. The van der Waals surface area contributed by atoms with E-state index in [1.54, 1.807) is 0 Å². The minimum absolute atomic E-state index is 0.104. The molecule has 6 nitrogen and oxygen atoms in total. The number of aryl methyl sites for hydroxylation is 1. The van der Waals surface area contributed by atoms with E-state index in [-0.39, 0.29) is 18.2 Å². The average Bonchev–Trinajstić information content (AvgIpc) is 2.59. The molecule has 1 amide bonds. The molecule has 0 atom stereocenters. The summed E-state index contributed by atoms with van der Waals surface area (Å²) in [5.74, 6) is -0.431. The Balaban J connectivity index is 2.04. The van der Waals surface area contributed by atoms with Crippen molar-refractivity contribution >= 4 is 11.9 Å². The first-order valence-electron chi connectivity index (χ1n) is 7.20. The third kappa shape index (κ3) is 4.54. The lowest BCUT2D eigenvalue weighted by molar-refractivity contribution is 0.0961. The van der Waals surface area contributed by atoms with Crippen molar-refractivity contribution in [2.24, 2.45) is 4.99 Å². The second-order valence-corrected chi connectivity index (χ2v) is 4.75. The van der Waals surface area contributed by atoms with E-state index < -0.39 is 11.5 Å². The third-order valence-corrected chi connectivity index (χ3v) is 3.20. The largest absolute Gasteiger partial charge is 0.460 e. The molecule has 0 aliphatic rings. The number of benzene rings is 1. The number of ether oxygens (including phenoxy) is 1. The molecule has 0 aliphatic carbocycles. The number of rotatable bonds is 4. The van der Waals surface area contributed by atoms with Crippen LogP contribution in [0.5, 0.6) is 0 Å². The molecular weight excluding hydrogens is 296 g/mol. The number of amides is 1. The van der Waals surface area contributed by atoms with Gasteiger partial charge in [0.1, 0.15) is 12.9 Å². The summed E-state index contributed by atoms with van der Waals surface area (Å²) in [5, 5.41) is 2.57. The lowest BCUT2D eigenvalue weighted by atomic mass is 10.1. The molecule has 0 unspecified atom stereocenters. The fraction of sp³-hybridized carbons (Fsp3) is 0.235. The second kappa shape index (κ2) is 7.93. The first kappa shape index (κ1) is 16.5. The van der Waals surface area contributed by atoms with Crippen LogP contribution < -0.4 is 10.9 Å². The highest BCUT2D eigenvalue weighted by atomic mass is 16.5. The molecule has 0 fully saturated rings. The van der Waals surface area contributed by atoms with Gasteiger partial charge in [-0.2, -0.15) is 0 Å². The van der Waals surface area contributed by atoms with Crippen molar-refractivity contribution in [3.63, 3.8) is 0 Å². The van der Waals surface area contributed by atoms with Gasteiger partial charge in [-0.1, -0.05) is 37.3 Å². The van der Waals surface area contributed by atoms with Crippen LogP contribution >= 0.6 is 0 Å². The summed E-state index contributed by atoms with van der Waals surface area (Å²) in [7, 11) is 1.52. The predicted octanol–water partition coefficient (Wildman–Crippen LogP) is 2.13. The van der Waals surface area contributed by atoms with Crippen molar-refractivity contribution in [1.82, 2.24) is 5.32 Å². The molecule has 1 N–H and O–H groups in total. The summed E-state index contributed by atoms with van der Waals surface area (Å²) >= 11 is 0. The average molecular weight is 314 g/mol. The van der Waals surface area contributed by atoms with Crippen molar-refractivity contribution in [1.29, 1.82) is 0 Å². The molecule has 2 aromatic rings. The molecule has 1 aromatic heterocycles. The van der Waals surface area contributed by atoms with E-state index in [1.165, 1.54) is 13.1 Å². The Morgan fingerprint density at radius 3 is 2.70 bits per heavy atom. The smallest absolute Gasteiger partial charge is 0.335 e. The van der Waals surface area contributed by atoms with Crippen molar-refractivity contribution in [2.45, 2.75) is 20.0 Å². The fourth-order valence-electron chi connectivity index (χ4n) is 1.99. The highest BCUT2D eigenvalue weighted by molar-refractivity contribution is 6.04. The summed E-state index contributed by atoms with van der Waals surface area (Å²) in [6, 6.07) is 11.0. The van der Waals surface area contributed by atoms with E-state index in [2.05, 4.69) is 10.3 Å². The zero-order chi connectivity index (χ0) is 16.7. The van der Waals surface area contributed by atoms with Crippen LogP contribution in [-0.2, 0) is 17.8 Å². The number of carbonyl (C=O) groups excluding carboxylic acids is 1. The van der Waals surface area contributed by atoms with Gasteiger partial charge >= 0.3 is 5.63 Å². The minimum atomic E-state index is -0.483. The van der Waals surface area contributed by atoms with Crippen LogP contribution in [0.2, 0.25) is 0 Å². The molecule has 0 saturated heterocycles. The molecule has 120 valence electrons. The maximum Gasteiger partial charge on any atom is 0.335 e. The Bertz CT molecular complexity index is 751. The fourth-order valence-corrected chi connectivity index (χ4v) is 1.99. The standard InChI is InChI=1S/C17H18N2O4/c1-3-13-9-15(20)22-11-14(13)16(21)19-17(18-2)23-10-12-7-5-4-6-8-12/h4-9,11H,3,10H2,1-2H3,(H,18,19,21). The van der Waals surface area contributed by atoms with E-state index in [0.29, 0.717) is 12.0 Å². The highest BCUT2D eigenvalue weighted by Gasteiger charge is 2.15. The quantitative estimate of drug-likeness (QED) is 0.692. The Morgan fingerprint density at radius 2 is 2.04 bits per heavy atom. The van der Waals surface area contributed by atoms with Crippen LogP contribution in [-0.4, -0.2) is 19.0 Å². The van der Waals surface area contributed by atoms with Crippen molar-refractivity contribution in [2.75, 3.05) is 7.05 Å². The van der Waals surface area contributed by atoms with Crippen molar-refractivity contribution in [3.05, 3.63) is 69.8 Å². The molecule has 0 spiro atoms. The number of aliphatic imine (C=N–C) groups is 1. The Hall–Kier alpha value is -2.89. The van der Waals surface area contributed by atoms with Gasteiger partial charge in [0.05, 0.1) is 5.56 Å². The molecule has 6 heteroatoms. The summed E-state index contributed by atoms with van der Waals surface area (Å²) in [6.07, 6.45) is 1.69. The SMILES string of the molecule is CCc1cc(=O)occ1C(=O)NC(=NC)OCc1ccccc1. The highest BCUT2D eigenvalue weighted by Crippen LogP contribution is 2.07. The van der Waals surface area contributed by atoms with E-state index in [9.17, 15) is 9.59 Å². The Morgan fingerprint density at radius 1 is 1.30 bits per heavy atom. The molecule has 1 heterocycles. The lowest BCUT2D eigenvalue weighted by Gasteiger charge is -2.11. The zero-order valence-corrected chi connectivity index (χ0v) is 13.0. The van der Waals surface area contributed by atoms with Gasteiger partial charge < -0.3 is 9.15 Å². The van der Waals surface area contributed by atoms with E-state index in [4.69, 9.17) is 9.15 Å². The number of carbonyl (C=O) groups is 1. The van der Waals surface area contributed by atoms with Crippen LogP contribution in [0, 0.1) is 0 Å². The van der Waals surface area contributed by atoms with Crippen LogP contribution in [0.25, 0.3) is 0 Å². The van der Waals surface area contributed by atoms with Gasteiger partial charge in [-0.25, -0.2) is 9.79 Å². The Labute approximate surface area is 133 Å². The number of nitrogens with zero attached hydrogens (tertiary/aromatic N) is 1. The molecule has 0 aliphatic heterocycles. The number of hydrogen-bond donors (Lipinski definition) is 1. The maximum absolute atomic E-state index is 12.3. The summed E-state index contributed by atoms with van der Waals surface area (Å²) < 4.78 is 10.3. The summed E-state index contributed by atoms with van der Waals surface area (Å²) in [4.78, 5) is 27.4. The number of hydrogen-bond acceptors (Lipinski definition) is 5. The topological polar surface area (TPSA) is 80.9 Å². The first-order valence-corrected chi connectivity index (χ1v) is 7.20. The van der Waals surface area contributed by atoms with E-state index in [0.717, 1.165) is 11.8 Å². The molecule has 0 radical (unpaired) electrons. The van der Waals surface area contributed by atoms with Crippen LogP contribution in [0.4, 0.5) is 0 Å². The van der Waals surface area contributed by atoms with Gasteiger partial charge in [0.25, 0.3) is 11.9 Å². The second-order valence-electron chi connectivity index (χ2n) is 4.75. The molecule has 23 heavy (non-hydrogen) atoms. The summed E-state index contributed by atoms with van der Waals surface area (Å²) in [5.41, 5.74) is 1.37. The van der Waals surface area contributed by atoms with Gasteiger partial charge in [-0.15, -0.1) is 0 Å². The van der Waals surface area contributed by atoms with Crippen molar-refractivity contribution < 1.29 is 13.9 Å². The van der Waals surface area contributed by atoms with Crippen molar-refractivity contribution in [3.8, 4) is 0 Å². The molecule has 1 aromatic carbocycles. The normalized spacial score (nSPS) is 11.1. The lowest BCUT2D eigenvalue weighted by Crippen LogP contribution is -2.33. The first-order chi connectivity index (χ1) is 11.1. The molecular formula is C17H18N2O4. The van der Waals surface area contributed by atoms with E-state index in [1.807, 2.05) is 37.3 Å². The van der Waals surface area contributed by atoms with E-state index >= 15 is 0 Å². The minimum Gasteiger partial charge on any atom is -0.460 e. The van der Waals surface area contributed by atoms with Crippen LogP contribution in [0.3, 0.4) is 0 Å².